The van der Waals surface area contributed by atoms with Crippen molar-refractivity contribution in [3.05, 3.63) is 91.0 Å². The molecule has 15 heteroatoms. The molecule has 0 spiro atoms. The summed E-state index contributed by atoms with van der Waals surface area (Å²) in [6, 6.07) is 25.0. The second-order valence-corrected chi connectivity index (χ2v) is 10.9. The Morgan fingerprint density at radius 3 is 0.804 bits per heavy atom. The quantitative estimate of drug-likeness (QED) is 0.116. The van der Waals surface area contributed by atoms with Crippen LogP contribution in [0.25, 0.3) is 68.7 Å². The van der Waals surface area contributed by atoms with Crippen LogP contribution in [-0.2, 0) is 14.4 Å². The molecule has 0 atom stereocenters. The van der Waals surface area contributed by atoms with E-state index in [1.807, 2.05) is 0 Å². The van der Waals surface area contributed by atoms with E-state index in [-0.39, 0.29) is 35.3 Å². The Kier molecular flexibility index (Phi) is 8.65. The Morgan fingerprint density at radius 1 is 0.373 bits per heavy atom. The first-order chi connectivity index (χ1) is 24.7. The van der Waals surface area contributed by atoms with Crippen molar-refractivity contribution < 1.29 is 41.8 Å². The maximum Gasteiger partial charge on any atom is 0.308 e. The van der Waals surface area contributed by atoms with Crippen molar-refractivity contribution in [2.45, 2.75) is 20.8 Å². The van der Waals surface area contributed by atoms with Gasteiger partial charge in [-0.15, -0.1) is 30.6 Å². The molecule has 252 valence electrons. The summed E-state index contributed by atoms with van der Waals surface area (Å²) in [6.07, 6.45) is 0. The smallest absolute Gasteiger partial charge is 0.308 e. The van der Waals surface area contributed by atoms with Gasteiger partial charge in [0.15, 0.2) is 0 Å². The number of carbonyl (C=O) groups is 3. The zero-order chi connectivity index (χ0) is 35.5. The molecule has 0 saturated heterocycles. The van der Waals surface area contributed by atoms with Crippen LogP contribution in [0.5, 0.6) is 17.2 Å². The van der Waals surface area contributed by atoms with Gasteiger partial charge in [-0.3, -0.25) is 14.4 Å². The van der Waals surface area contributed by atoms with Gasteiger partial charge in [-0.05, 0) is 91.0 Å². The molecule has 0 amide bonds. The maximum atomic E-state index is 11.3. The fourth-order valence-corrected chi connectivity index (χ4v) is 4.86. The average Bonchev–Trinajstić information content (AvgIpc) is 3.91. The van der Waals surface area contributed by atoms with Crippen LogP contribution in [0.4, 0.5) is 0 Å². The molecule has 0 aliphatic heterocycles. The van der Waals surface area contributed by atoms with Gasteiger partial charge >= 0.3 is 17.9 Å². The molecule has 3 aromatic heterocycles. The number of benzene rings is 4. The summed E-state index contributed by atoms with van der Waals surface area (Å²) >= 11 is 0. The van der Waals surface area contributed by atoms with E-state index in [0.717, 1.165) is 0 Å². The molecule has 3 heterocycles. The number of hydrogen-bond acceptors (Lipinski definition) is 15. The largest absolute Gasteiger partial charge is 0.427 e. The first-order valence-electron chi connectivity index (χ1n) is 15.2. The highest BCUT2D eigenvalue weighted by atomic mass is 16.5. The van der Waals surface area contributed by atoms with Crippen LogP contribution < -0.4 is 14.2 Å². The molecule has 0 N–H and O–H groups in total. The van der Waals surface area contributed by atoms with Crippen molar-refractivity contribution in [2.24, 2.45) is 0 Å². The highest BCUT2D eigenvalue weighted by Gasteiger charge is 2.20. The van der Waals surface area contributed by atoms with Crippen LogP contribution in [0.2, 0.25) is 0 Å². The molecule has 0 aliphatic rings. The number of hydrogen-bond donors (Lipinski definition) is 0. The van der Waals surface area contributed by atoms with Crippen LogP contribution in [-0.4, -0.2) is 48.5 Å². The minimum absolute atomic E-state index is 0.166. The van der Waals surface area contributed by atoms with Gasteiger partial charge in [-0.1, -0.05) is 0 Å². The molecule has 0 saturated carbocycles. The lowest BCUT2D eigenvalue weighted by molar-refractivity contribution is -0.132. The molecule has 15 nitrogen and oxygen atoms in total. The van der Waals surface area contributed by atoms with E-state index < -0.39 is 17.9 Å². The Bertz CT molecular complexity index is 2100. The maximum absolute atomic E-state index is 11.3. The summed E-state index contributed by atoms with van der Waals surface area (Å²) < 4.78 is 33.5. The lowest BCUT2D eigenvalue weighted by atomic mass is 10.1. The second-order valence-electron chi connectivity index (χ2n) is 10.9. The minimum Gasteiger partial charge on any atom is -0.427 e. The fraction of sp³-hybridized carbons (Fsp3) is 0.0833. The molecular formula is C36H24N6O9. The van der Waals surface area contributed by atoms with Gasteiger partial charge in [0.1, 0.15) is 17.2 Å². The van der Waals surface area contributed by atoms with E-state index in [4.69, 9.17) is 27.5 Å². The van der Waals surface area contributed by atoms with Crippen LogP contribution in [0.15, 0.2) is 104 Å². The number of aromatic nitrogens is 6. The average molecular weight is 685 g/mol. The summed E-state index contributed by atoms with van der Waals surface area (Å²) in [7, 11) is 0. The molecule has 4 aromatic carbocycles. The lowest BCUT2D eigenvalue weighted by Gasteiger charge is -2.04. The standard InChI is InChI=1S/C36H24N6O9/c1-19(43)46-28-10-4-22(5-11-28)31-37-40-34(49-31)25-16-26(35-41-38-32(50-35)23-6-12-29(13-7-23)47-20(2)44)18-27(17-25)36-42-39-33(51-36)24-8-14-30(15-9-24)48-21(3)45/h4-18H,1-3H3. The van der Waals surface area contributed by atoms with Gasteiger partial charge in [0.2, 0.25) is 35.3 Å². The van der Waals surface area contributed by atoms with Gasteiger partial charge in [0, 0.05) is 54.2 Å². The number of ether oxygens (including phenoxy) is 3. The topological polar surface area (TPSA) is 196 Å². The van der Waals surface area contributed by atoms with Gasteiger partial charge in [-0.25, -0.2) is 0 Å². The first-order valence-corrected chi connectivity index (χ1v) is 15.2. The zero-order valence-corrected chi connectivity index (χ0v) is 27.0. The minimum atomic E-state index is -0.436. The van der Waals surface area contributed by atoms with E-state index in [0.29, 0.717) is 50.6 Å². The highest BCUT2D eigenvalue weighted by molar-refractivity contribution is 5.75. The van der Waals surface area contributed by atoms with Crippen molar-refractivity contribution in [3.63, 3.8) is 0 Å². The summed E-state index contributed by atoms with van der Waals surface area (Å²) in [4.78, 5) is 33.9. The summed E-state index contributed by atoms with van der Waals surface area (Å²) in [6.45, 7) is 3.96. The molecule has 0 radical (unpaired) electrons. The van der Waals surface area contributed by atoms with Crippen molar-refractivity contribution in [3.8, 4) is 86.0 Å². The molecule has 7 rings (SSSR count). The first kappa shape index (κ1) is 32.3. The molecule has 51 heavy (non-hydrogen) atoms. The van der Waals surface area contributed by atoms with Gasteiger partial charge in [-0.2, -0.15) is 0 Å². The van der Waals surface area contributed by atoms with Crippen molar-refractivity contribution in [1.82, 2.24) is 30.6 Å². The van der Waals surface area contributed by atoms with E-state index >= 15 is 0 Å². The molecule has 0 bridgehead atoms. The predicted molar refractivity (Wildman–Crippen MR) is 177 cm³/mol. The molecule has 0 fully saturated rings. The third kappa shape index (κ3) is 7.41. The molecule has 0 aliphatic carbocycles. The summed E-state index contributed by atoms with van der Waals surface area (Å²) in [5.41, 5.74) is 3.24. The van der Waals surface area contributed by atoms with Crippen LogP contribution >= 0.6 is 0 Å². The Labute approximate surface area is 287 Å². The zero-order valence-electron chi connectivity index (χ0n) is 27.0. The van der Waals surface area contributed by atoms with Gasteiger partial charge in [0.25, 0.3) is 0 Å². The third-order valence-electron chi connectivity index (χ3n) is 7.04. The predicted octanol–water partition coefficient (Wildman–Crippen LogP) is 6.61. The Morgan fingerprint density at radius 2 is 0.588 bits per heavy atom. The number of nitrogens with zero attached hydrogens (tertiary/aromatic N) is 6. The SMILES string of the molecule is CC(=O)Oc1ccc(-c2nnc(-c3cc(-c4nnc(-c5ccc(OC(C)=O)cc5)o4)cc(-c4nnc(-c5ccc(OC(C)=O)cc5)o4)c3)o2)cc1. The monoisotopic (exact) mass is 684 g/mol. The fourth-order valence-electron chi connectivity index (χ4n) is 4.86. The van der Waals surface area contributed by atoms with Crippen LogP contribution in [0.1, 0.15) is 20.8 Å². The van der Waals surface area contributed by atoms with E-state index in [1.165, 1.54) is 20.8 Å². The molecular weight excluding hydrogens is 660 g/mol. The van der Waals surface area contributed by atoms with Crippen molar-refractivity contribution in [1.29, 1.82) is 0 Å². The Hall–Kier alpha value is -7.29. The number of esters is 3. The summed E-state index contributed by atoms with van der Waals surface area (Å²) in [5.74, 6) is 0.989. The van der Waals surface area contributed by atoms with Crippen LogP contribution in [0, 0.1) is 0 Å². The van der Waals surface area contributed by atoms with E-state index in [2.05, 4.69) is 30.6 Å². The number of carbonyl (C=O) groups excluding carboxylic acids is 3. The van der Waals surface area contributed by atoms with Crippen molar-refractivity contribution >= 4 is 17.9 Å². The molecule has 7 aromatic rings. The second kappa shape index (κ2) is 13.7. The normalized spacial score (nSPS) is 10.9. The van der Waals surface area contributed by atoms with Crippen LogP contribution in [0.3, 0.4) is 0 Å². The van der Waals surface area contributed by atoms with Gasteiger partial charge < -0.3 is 27.5 Å². The van der Waals surface area contributed by atoms with E-state index in [1.54, 1.807) is 91.0 Å². The Balaban J connectivity index is 1.24. The van der Waals surface area contributed by atoms with Gasteiger partial charge in [0.05, 0.1) is 0 Å². The number of rotatable bonds is 9. The third-order valence-corrected chi connectivity index (χ3v) is 7.04. The van der Waals surface area contributed by atoms with E-state index in [9.17, 15) is 14.4 Å². The highest BCUT2D eigenvalue weighted by Crippen LogP contribution is 2.35. The lowest BCUT2D eigenvalue weighted by Crippen LogP contribution is -2.00. The summed E-state index contributed by atoms with van der Waals surface area (Å²) in [5, 5.41) is 25.4. The van der Waals surface area contributed by atoms with Crippen molar-refractivity contribution in [2.75, 3.05) is 0 Å². The molecule has 0 unspecified atom stereocenters.